The minimum atomic E-state index is 1.09. The highest BCUT2D eigenvalue weighted by Gasteiger charge is 2.30. The van der Waals surface area contributed by atoms with Gasteiger partial charge < -0.3 is 0 Å². The Morgan fingerprint density at radius 1 is 0.367 bits per heavy atom. The molecule has 0 heteroatoms. The van der Waals surface area contributed by atoms with Crippen LogP contribution in [0.15, 0.2) is 0 Å². The van der Waals surface area contributed by atoms with Gasteiger partial charge in [0.05, 0.1) is 0 Å². The van der Waals surface area contributed by atoms with Gasteiger partial charge >= 0.3 is 0 Å². The molecule has 0 aromatic heterocycles. The summed E-state index contributed by atoms with van der Waals surface area (Å²) in [4.78, 5) is 0. The summed E-state index contributed by atoms with van der Waals surface area (Å²) in [6.07, 6.45) is 36.3. The molecule has 0 unspecified atom stereocenters. The van der Waals surface area contributed by atoms with Crippen LogP contribution in [-0.2, 0) is 0 Å². The summed E-state index contributed by atoms with van der Waals surface area (Å²) in [6, 6.07) is 0. The van der Waals surface area contributed by atoms with E-state index in [0.717, 1.165) is 23.7 Å². The quantitative estimate of drug-likeness (QED) is 0.206. The van der Waals surface area contributed by atoms with Crippen molar-refractivity contribution in [1.29, 1.82) is 0 Å². The van der Waals surface area contributed by atoms with Crippen molar-refractivity contribution in [2.45, 2.75) is 168 Å². The average Bonchev–Trinajstić information content (AvgIpc) is 2.79. The van der Waals surface area contributed by atoms with E-state index in [2.05, 4.69) is 13.8 Å². The summed E-state index contributed by atoms with van der Waals surface area (Å²) < 4.78 is 0. The summed E-state index contributed by atoms with van der Waals surface area (Å²) in [5.74, 6) is 4.39. The molecular weight excluding hydrogens is 360 g/mol. The van der Waals surface area contributed by atoms with Crippen molar-refractivity contribution in [2.24, 2.45) is 23.7 Å². The summed E-state index contributed by atoms with van der Waals surface area (Å²) in [5.41, 5.74) is 0. The molecule has 0 amide bonds. The second kappa shape index (κ2) is 17.5. The summed E-state index contributed by atoms with van der Waals surface area (Å²) in [5, 5.41) is 0. The summed E-state index contributed by atoms with van der Waals surface area (Å²) >= 11 is 0. The average molecular weight is 419 g/mol. The van der Waals surface area contributed by atoms with Gasteiger partial charge in [-0.3, -0.25) is 0 Å². The lowest BCUT2D eigenvalue weighted by molar-refractivity contribution is 0.139. The molecule has 0 atom stereocenters. The van der Waals surface area contributed by atoms with Crippen LogP contribution in [-0.4, -0.2) is 0 Å². The van der Waals surface area contributed by atoms with Crippen molar-refractivity contribution in [3.63, 3.8) is 0 Å². The first kappa shape index (κ1) is 26.3. The normalized spacial score (nSPS) is 27.4. The Morgan fingerprint density at radius 2 is 0.667 bits per heavy atom. The van der Waals surface area contributed by atoms with Crippen molar-refractivity contribution < 1.29 is 0 Å². The van der Waals surface area contributed by atoms with Gasteiger partial charge in [0, 0.05) is 0 Å². The van der Waals surface area contributed by atoms with E-state index in [4.69, 9.17) is 0 Å². The van der Waals surface area contributed by atoms with E-state index >= 15 is 0 Å². The number of unbranched alkanes of at least 4 members (excludes halogenated alkanes) is 12. The van der Waals surface area contributed by atoms with Gasteiger partial charge in [0.2, 0.25) is 0 Å². The van der Waals surface area contributed by atoms with Gasteiger partial charge in [-0.25, -0.2) is 0 Å². The van der Waals surface area contributed by atoms with Crippen LogP contribution >= 0.6 is 0 Å². The smallest absolute Gasteiger partial charge is 0.0386 e. The van der Waals surface area contributed by atoms with E-state index in [1.165, 1.54) is 89.9 Å². The van der Waals surface area contributed by atoms with Gasteiger partial charge in [-0.2, -0.15) is 0 Å². The molecule has 0 spiro atoms. The zero-order chi connectivity index (χ0) is 21.3. The molecular formula is C30H58. The predicted molar refractivity (Wildman–Crippen MR) is 136 cm³/mol. The zero-order valence-electron chi connectivity index (χ0n) is 21.3. The monoisotopic (exact) mass is 418 g/mol. The SMILES string of the molecule is CCCCCCCCC[C@H]1CC[C@H]([C@H]2CC[C@H](CCCCCCCCC)CC2)CC1. The van der Waals surface area contributed by atoms with Gasteiger partial charge in [-0.15, -0.1) is 0 Å². The molecule has 2 rings (SSSR count). The minimum absolute atomic E-state index is 1.09. The topological polar surface area (TPSA) is 0 Å². The first-order chi connectivity index (χ1) is 14.8. The molecule has 2 saturated carbocycles. The van der Waals surface area contributed by atoms with Crippen LogP contribution in [0.3, 0.4) is 0 Å². The van der Waals surface area contributed by atoms with E-state index in [9.17, 15) is 0 Å². The molecule has 2 aliphatic rings. The largest absolute Gasteiger partial charge is 0.0654 e. The van der Waals surface area contributed by atoms with Crippen molar-refractivity contribution >= 4 is 0 Å². The maximum Gasteiger partial charge on any atom is -0.0386 e. The van der Waals surface area contributed by atoms with Gasteiger partial charge in [0.25, 0.3) is 0 Å². The van der Waals surface area contributed by atoms with Gasteiger partial charge in [-0.1, -0.05) is 142 Å². The van der Waals surface area contributed by atoms with E-state index in [1.807, 2.05) is 0 Å². The third-order valence-corrected chi connectivity index (χ3v) is 8.88. The molecule has 0 nitrogen and oxygen atoms in total. The predicted octanol–water partition coefficient (Wildman–Crippen LogP) is 10.9. The third kappa shape index (κ3) is 11.6. The second-order valence-corrected chi connectivity index (χ2v) is 11.4. The first-order valence-electron chi connectivity index (χ1n) is 14.8. The highest BCUT2D eigenvalue weighted by Crippen LogP contribution is 2.43. The fourth-order valence-electron chi connectivity index (χ4n) is 6.68. The molecule has 178 valence electrons. The lowest BCUT2D eigenvalue weighted by Gasteiger charge is -2.38. The van der Waals surface area contributed by atoms with Gasteiger partial charge in [0.1, 0.15) is 0 Å². The molecule has 0 aromatic carbocycles. The van der Waals surface area contributed by atoms with Gasteiger partial charge in [0.15, 0.2) is 0 Å². The molecule has 0 saturated heterocycles. The highest BCUT2D eigenvalue weighted by molar-refractivity contribution is 4.82. The Balaban J connectivity index is 1.44. The van der Waals surface area contributed by atoms with Crippen LogP contribution in [0.4, 0.5) is 0 Å². The third-order valence-electron chi connectivity index (χ3n) is 8.88. The lowest BCUT2D eigenvalue weighted by Crippen LogP contribution is -2.25. The Morgan fingerprint density at radius 3 is 1.00 bits per heavy atom. The van der Waals surface area contributed by atoms with Crippen LogP contribution in [0.5, 0.6) is 0 Å². The highest BCUT2D eigenvalue weighted by atomic mass is 14.4. The lowest BCUT2D eigenvalue weighted by atomic mass is 9.68. The fraction of sp³-hybridized carbons (Fsp3) is 1.00. The van der Waals surface area contributed by atoms with Crippen LogP contribution < -0.4 is 0 Å². The van der Waals surface area contributed by atoms with Crippen LogP contribution in [0.25, 0.3) is 0 Å². The molecule has 0 aromatic rings. The molecule has 2 fully saturated rings. The van der Waals surface area contributed by atoms with Crippen LogP contribution in [0.1, 0.15) is 168 Å². The molecule has 2 aliphatic carbocycles. The van der Waals surface area contributed by atoms with Crippen LogP contribution in [0.2, 0.25) is 0 Å². The summed E-state index contributed by atoms with van der Waals surface area (Å²) in [7, 11) is 0. The Hall–Kier alpha value is 0. The molecule has 0 radical (unpaired) electrons. The Kier molecular flexibility index (Phi) is 15.4. The molecule has 0 N–H and O–H groups in total. The fourth-order valence-corrected chi connectivity index (χ4v) is 6.68. The maximum atomic E-state index is 2.32. The molecule has 30 heavy (non-hydrogen) atoms. The zero-order valence-corrected chi connectivity index (χ0v) is 21.3. The Bertz CT molecular complexity index is 320. The van der Waals surface area contributed by atoms with Crippen LogP contribution in [0, 0.1) is 23.7 Å². The van der Waals surface area contributed by atoms with Crippen molar-refractivity contribution in [3.8, 4) is 0 Å². The van der Waals surface area contributed by atoms with E-state index in [0.29, 0.717) is 0 Å². The second-order valence-electron chi connectivity index (χ2n) is 11.4. The summed E-state index contributed by atoms with van der Waals surface area (Å²) in [6.45, 7) is 4.64. The molecule has 0 aliphatic heterocycles. The van der Waals surface area contributed by atoms with Crippen molar-refractivity contribution in [3.05, 3.63) is 0 Å². The molecule has 0 heterocycles. The van der Waals surface area contributed by atoms with Gasteiger partial charge in [-0.05, 0) is 49.4 Å². The maximum absolute atomic E-state index is 2.32. The Labute approximate surface area is 191 Å². The first-order valence-corrected chi connectivity index (χ1v) is 14.8. The van der Waals surface area contributed by atoms with Crippen molar-refractivity contribution in [1.82, 2.24) is 0 Å². The van der Waals surface area contributed by atoms with E-state index < -0.39 is 0 Å². The molecule has 0 bridgehead atoms. The van der Waals surface area contributed by atoms with E-state index in [1.54, 1.807) is 64.2 Å². The minimum Gasteiger partial charge on any atom is -0.0654 e. The van der Waals surface area contributed by atoms with Crippen molar-refractivity contribution in [2.75, 3.05) is 0 Å². The number of hydrogen-bond donors (Lipinski definition) is 0. The number of rotatable bonds is 17. The number of hydrogen-bond acceptors (Lipinski definition) is 0. The van der Waals surface area contributed by atoms with E-state index in [-0.39, 0.29) is 0 Å². The standard InChI is InChI=1S/C30H58/c1-3-5-7-9-11-13-15-17-27-19-23-29(24-20-27)30-25-21-28(22-26-30)18-16-14-12-10-8-6-4-2/h27-30H,3-26H2,1-2H3/t27-,28-,29-,30-.